The van der Waals surface area contributed by atoms with Crippen LogP contribution in [-0.4, -0.2) is 24.8 Å². The summed E-state index contributed by atoms with van der Waals surface area (Å²) in [7, 11) is 1.52. The molecule has 92 valence electrons. The second kappa shape index (κ2) is 5.94. The first-order chi connectivity index (χ1) is 8.04. The van der Waals surface area contributed by atoms with Gasteiger partial charge in [-0.25, -0.2) is 4.79 Å². The second-order valence-corrected chi connectivity index (χ2v) is 3.76. The maximum absolute atomic E-state index is 10.8. The number of allylic oxidation sites excluding steroid dienone is 1. The third-order valence-electron chi connectivity index (χ3n) is 2.14. The van der Waals surface area contributed by atoms with Crippen LogP contribution in [0.2, 0.25) is 0 Å². The van der Waals surface area contributed by atoms with Crippen molar-refractivity contribution in [2.24, 2.45) is 0 Å². The molecule has 0 heterocycles. The van der Waals surface area contributed by atoms with Gasteiger partial charge in [-0.3, -0.25) is 0 Å². The number of benzene rings is 1. The molecule has 0 unspecified atom stereocenters. The molecule has 4 nitrogen and oxygen atoms in total. The number of hydrogen-bond donors (Lipinski definition) is 1. The highest BCUT2D eigenvalue weighted by molar-refractivity contribution is 5.88. The summed E-state index contributed by atoms with van der Waals surface area (Å²) >= 11 is 0. The first kappa shape index (κ1) is 13.1. The van der Waals surface area contributed by atoms with Crippen LogP contribution in [0.15, 0.2) is 29.8 Å². The van der Waals surface area contributed by atoms with Crippen LogP contribution in [0.1, 0.15) is 24.2 Å². The van der Waals surface area contributed by atoms with Crippen molar-refractivity contribution >= 4 is 5.97 Å². The van der Waals surface area contributed by atoms with Crippen molar-refractivity contribution in [1.29, 1.82) is 0 Å². The molecule has 0 aliphatic carbocycles. The zero-order chi connectivity index (χ0) is 12.8. The second-order valence-electron chi connectivity index (χ2n) is 3.76. The number of rotatable bonds is 5. The number of carboxylic acids is 1. The number of carboxylic acid groups (broad SMARTS) is 1. The van der Waals surface area contributed by atoms with E-state index in [0.717, 1.165) is 5.57 Å². The lowest BCUT2D eigenvalue weighted by Gasteiger charge is -2.10. The molecule has 1 aromatic carbocycles. The molecular formula is C13H16O4. The van der Waals surface area contributed by atoms with Crippen LogP contribution >= 0.6 is 0 Å². The van der Waals surface area contributed by atoms with Gasteiger partial charge < -0.3 is 14.6 Å². The fraction of sp³-hybridized carbons (Fsp3) is 0.308. The Bertz CT molecular complexity index is 431. The van der Waals surface area contributed by atoms with Gasteiger partial charge in [-0.05, 0) is 38.1 Å². The number of methoxy groups -OCH3 is 1. The molecule has 0 radical (unpaired) electrons. The fourth-order valence-corrected chi connectivity index (χ4v) is 1.22. The number of ether oxygens (including phenoxy) is 2. The van der Waals surface area contributed by atoms with E-state index in [0.29, 0.717) is 18.1 Å². The summed E-state index contributed by atoms with van der Waals surface area (Å²) in [6, 6.07) is 4.52. The van der Waals surface area contributed by atoms with E-state index < -0.39 is 5.97 Å². The molecule has 0 atom stereocenters. The van der Waals surface area contributed by atoms with Gasteiger partial charge in [0, 0.05) is 0 Å². The summed E-state index contributed by atoms with van der Waals surface area (Å²) in [4.78, 5) is 10.8. The van der Waals surface area contributed by atoms with E-state index in [1.165, 1.54) is 19.2 Å². The van der Waals surface area contributed by atoms with Gasteiger partial charge in [-0.2, -0.15) is 0 Å². The molecule has 1 N–H and O–H groups in total. The minimum atomic E-state index is -0.986. The molecule has 0 fully saturated rings. The summed E-state index contributed by atoms with van der Waals surface area (Å²) in [5.41, 5.74) is 1.32. The topological polar surface area (TPSA) is 55.8 Å². The van der Waals surface area contributed by atoms with Crippen molar-refractivity contribution in [3.05, 3.63) is 35.4 Å². The van der Waals surface area contributed by atoms with Crippen molar-refractivity contribution in [2.75, 3.05) is 13.7 Å². The Morgan fingerprint density at radius 3 is 2.59 bits per heavy atom. The standard InChI is InChI=1S/C13H16O4/c1-9(2)6-7-17-12-8-10(13(14)15)4-5-11(12)16-3/h4-6,8H,7H2,1-3H3,(H,14,15). The zero-order valence-electron chi connectivity index (χ0n) is 10.2. The summed E-state index contributed by atoms with van der Waals surface area (Å²) in [6.07, 6.45) is 1.91. The third kappa shape index (κ3) is 3.83. The lowest BCUT2D eigenvalue weighted by atomic mass is 10.2. The summed E-state index contributed by atoms with van der Waals surface area (Å²) in [5, 5.41) is 8.88. The van der Waals surface area contributed by atoms with Crippen molar-refractivity contribution in [3.63, 3.8) is 0 Å². The molecule has 0 bridgehead atoms. The van der Waals surface area contributed by atoms with Crippen LogP contribution in [0, 0.1) is 0 Å². The first-order valence-electron chi connectivity index (χ1n) is 5.22. The highest BCUT2D eigenvalue weighted by Gasteiger charge is 2.09. The highest BCUT2D eigenvalue weighted by atomic mass is 16.5. The molecule has 1 aromatic rings. The van der Waals surface area contributed by atoms with Gasteiger partial charge in [-0.15, -0.1) is 0 Å². The maximum atomic E-state index is 10.8. The lowest BCUT2D eigenvalue weighted by Crippen LogP contribution is -2.01. The average Bonchev–Trinajstić information content (AvgIpc) is 2.28. The summed E-state index contributed by atoms with van der Waals surface area (Å²) in [6.45, 7) is 4.32. The van der Waals surface area contributed by atoms with Gasteiger partial charge in [0.15, 0.2) is 11.5 Å². The number of hydrogen-bond acceptors (Lipinski definition) is 3. The average molecular weight is 236 g/mol. The van der Waals surface area contributed by atoms with E-state index in [1.807, 2.05) is 19.9 Å². The molecule has 4 heteroatoms. The zero-order valence-corrected chi connectivity index (χ0v) is 10.2. The molecule has 0 aliphatic heterocycles. The van der Waals surface area contributed by atoms with Crippen LogP contribution in [0.5, 0.6) is 11.5 Å². The van der Waals surface area contributed by atoms with E-state index in [4.69, 9.17) is 14.6 Å². The molecule has 1 rings (SSSR count). The highest BCUT2D eigenvalue weighted by Crippen LogP contribution is 2.28. The number of carbonyl (C=O) groups is 1. The quantitative estimate of drug-likeness (QED) is 0.799. The maximum Gasteiger partial charge on any atom is 0.335 e. The van der Waals surface area contributed by atoms with Gasteiger partial charge in [0.1, 0.15) is 6.61 Å². The Balaban J connectivity index is 2.90. The Labute approximate surface area is 100 Å². The minimum Gasteiger partial charge on any atom is -0.493 e. The summed E-state index contributed by atoms with van der Waals surface area (Å²) < 4.78 is 10.6. The van der Waals surface area contributed by atoms with E-state index >= 15 is 0 Å². The van der Waals surface area contributed by atoms with Crippen LogP contribution in [0.25, 0.3) is 0 Å². The van der Waals surface area contributed by atoms with Crippen LogP contribution in [0.4, 0.5) is 0 Å². The molecule has 0 aromatic heterocycles. The minimum absolute atomic E-state index is 0.179. The van der Waals surface area contributed by atoms with Gasteiger partial charge in [0.2, 0.25) is 0 Å². The first-order valence-corrected chi connectivity index (χ1v) is 5.22. The predicted octanol–water partition coefficient (Wildman–Crippen LogP) is 2.74. The Hall–Kier alpha value is -1.97. The van der Waals surface area contributed by atoms with Crippen molar-refractivity contribution in [3.8, 4) is 11.5 Å². The Kier molecular flexibility index (Phi) is 4.57. The molecule has 17 heavy (non-hydrogen) atoms. The van der Waals surface area contributed by atoms with Gasteiger partial charge in [0.25, 0.3) is 0 Å². The predicted molar refractivity (Wildman–Crippen MR) is 64.9 cm³/mol. The van der Waals surface area contributed by atoms with E-state index in [-0.39, 0.29) is 5.56 Å². The van der Waals surface area contributed by atoms with E-state index in [9.17, 15) is 4.79 Å². The van der Waals surface area contributed by atoms with Crippen molar-refractivity contribution in [2.45, 2.75) is 13.8 Å². The Morgan fingerprint density at radius 2 is 2.06 bits per heavy atom. The van der Waals surface area contributed by atoms with Gasteiger partial charge in [0.05, 0.1) is 12.7 Å². The molecular weight excluding hydrogens is 220 g/mol. The molecule has 0 amide bonds. The van der Waals surface area contributed by atoms with Crippen molar-refractivity contribution < 1.29 is 19.4 Å². The summed E-state index contributed by atoms with van der Waals surface area (Å²) in [5.74, 6) is -0.0261. The normalized spacial score (nSPS) is 9.59. The lowest BCUT2D eigenvalue weighted by molar-refractivity contribution is 0.0696. The van der Waals surface area contributed by atoms with Crippen LogP contribution < -0.4 is 9.47 Å². The molecule has 0 aliphatic rings. The fourth-order valence-electron chi connectivity index (χ4n) is 1.22. The van der Waals surface area contributed by atoms with Crippen LogP contribution in [0.3, 0.4) is 0 Å². The third-order valence-corrected chi connectivity index (χ3v) is 2.14. The van der Waals surface area contributed by atoms with Crippen molar-refractivity contribution in [1.82, 2.24) is 0 Å². The largest absolute Gasteiger partial charge is 0.493 e. The van der Waals surface area contributed by atoms with Crippen LogP contribution in [-0.2, 0) is 0 Å². The smallest absolute Gasteiger partial charge is 0.335 e. The molecule has 0 saturated carbocycles. The van der Waals surface area contributed by atoms with E-state index in [2.05, 4.69) is 0 Å². The van der Waals surface area contributed by atoms with Gasteiger partial charge in [-0.1, -0.05) is 5.57 Å². The SMILES string of the molecule is COc1ccc(C(=O)O)cc1OCC=C(C)C. The van der Waals surface area contributed by atoms with Gasteiger partial charge >= 0.3 is 5.97 Å². The molecule has 0 saturated heterocycles. The molecule has 0 spiro atoms. The number of aromatic carboxylic acids is 1. The Morgan fingerprint density at radius 1 is 1.35 bits per heavy atom. The van der Waals surface area contributed by atoms with E-state index in [1.54, 1.807) is 6.07 Å². The monoisotopic (exact) mass is 236 g/mol.